The van der Waals surface area contributed by atoms with Crippen LogP contribution in [0.15, 0.2) is 66.7 Å². The molecule has 4 nitrogen and oxygen atoms in total. The fourth-order valence-corrected chi connectivity index (χ4v) is 3.75. The number of methoxy groups -OCH3 is 1. The van der Waals surface area contributed by atoms with Crippen LogP contribution in [-0.4, -0.2) is 24.5 Å². The summed E-state index contributed by atoms with van der Waals surface area (Å²) < 4.78 is 11.5. The molecule has 0 saturated heterocycles. The Labute approximate surface area is 171 Å². The van der Waals surface area contributed by atoms with Gasteiger partial charge < -0.3 is 14.4 Å². The minimum Gasteiger partial charge on any atom is -0.496 e. The zero-order valence-electron chi connectivity index (χ0n) is 16.9. The fraction of sp³-hybridized carbons (Fsp3) is 0.240. The van der Waals surface area contributed by atoms with E-state index in [2.05, 4.69) is 18.2 Å². The second-order valence-electron chi connectivity index (χ2n) is 7.33. The van der Waals surface area contributed by atoms with Crippen LogP contribution in [0.3, 0.4) is 0 Å². The third-order valence-corrected chi connectivity index (χ3v) is 5.42. The highest BCUT2D eigenvalue weighted by Gasteiger charge is 2.22. The second-order valence-corrected chi connectivity index (χ2v) is 7.33. The van der Waals surface area contributed by atoms with Crippen LogP contribution in [0.2, 0.25) is 0 Å². The number of hydrogen-bond acceptors (Lipinski definition) is 3. The zero-order chi connectivity index (χ0) is 20.2. The summed E-state index contributed by atoms with van der Waals surface area (Å²) in [5.41, 5.74) is 5.15. The number of carbonyl (C=O) groups is 1. The molecule has 29 heavy (non-hydrogen) atoms. The van der Waals surface area contributed by atoms with Gasteiger partial charge in [-0.1, -0.05) is 42.5 Å². The SMILES string of the molecule is COc1ccc(C(=O)N2CCc3ccccc3C2)cc1COc1ccccc1C. The molecule has 4 rings (SSSR count). The summed E-state index contributed by atoms with van der Waals surface area (Å²) in [6, 6.07) is 21.8. The van der Waals surface area contributed by atoms with Crippen LogP contribution in [-0.2, 0) is 19.6 Å². The summed E-state index contributed by atoms with van der Waals surface area (Å²) in [5, 5.41) is 0. The van der Waals surface area contributed by atoms with Crippen molar-refractivity contribution in [2.24, 2.45) is 0 Å². The topological polar surface area (TPSA) is 38.8 Å². The lowest BCUT2D eigenvalue weighted by atomic mass is 9.99. The standard InChI is InChI=1S/C25H25NO3/c1-18-7-3-6-10-23(18)29-17-22-15-20(11-12-24(22)28-2)25(27)26-14-13-19-8-4-5-9-21(19)16-26/h3-12,15H,13-14,16-17H2,1-2H3. The molecule has 0 aliphatic carbocycles. The minimum absolute atomic E-state index is 0.0410. The molecule has 1 heterocycles. The van der Waals surface area contributed by atoms with Gasteiger partial charge in [0.2, 0.25) is 0 Å². The zero-order valence-corrected chi connectivity index (χ0v) is 16.9. The van der Waals surface area contributed by atoms with E-state index in [9.17, 15) is 4.79 Å². The van der Waals surface area contributed by atoms with Gasteiger partial charge in [0.25, 0.3) is 5.91 Å². The van der Waals surface area contributed by atoms with E-state index in [4.69, 9.17) is 9.47 Å². The highest BCUT2D eigenvalue weighted by atomic mass is 16.5. The van der Waals surface area contributed by atoms with Gasteiger partial charge in [0.05, 0.1) is 7.11 Å². The molecule has 0 fully saturated rings. The quantitative estimate of drug-likeness (QED) is 0.632. The van der Waals surface area contributed by atoms with Gasteiger partial charge in [0.15, 0.2) is 0 Å². The molecule has 0 spiro atoms. The van der Waals surface area contributed by atoms with Crippen LogP contribution in [0.25, 0.3) is 0 Å². The fourth-order valence-electron chi connectivity index (χ4n) is 3.75. The van der Waals surface area contributed by atoms with Gasteiger partial charge in [0.1, 0.15) is 18.1 Å². The van der Waals surface area contributed by atoms with Gasteiger partial charge in [-0.15, -0.1) is 0 Å². The first kappa shape index (κ1) is 19.1. The second kappa shape index (κ2) is 8.39. The smallest absolute Gasteiger partial charge is 0.254 e. The maximum Gasteiger partial charge on any atom is 0.254 e. The van der Waals surface area contributed by atoms with Gasteiger partial charge in [-0.05, 0) is 54.3 Å². The molecule has 0 bridgehead atoms. The van der Waals surface area contributed by atoms with E-state index in [0.29, 0.717) is 18.7 Å². The minimum atomic E-state index is 0.0410. The predicted octanol–water partition coefficient (Wildman–Crippen LogP) is 4.78. The number of amides is 1. The summed E-state index contributed by atoms with van der Waals surface area (Å²) >= 11 is 0. The molecule has 1 aliphatic heterocycles. The Balaban J connectivity index is 1.53. The molecule has 0 N–H and O–H groups in total. The Morgan fingerprint density at radius 2 is 1.72 bits per heavy atom. The molecule has 3 aromatic rings. The van der Waals surface area contributed by atoms with Crippen LogP contribution in [0.1, 0.15) is 32.6 Å². The van der Waals surface area contributed by atoms with Gasteiger partial charge >= 0.3 is 0 Å². The molecule has 3 aromatic carbocycles. The van der Waals surface area contributed by atoms with Crippen molar-refractivity contribution in [3.63, 3.8) is 0 Å². The van der Waals surface area contributed by atoms with E-state index < -0.39 is 0 Å². The van der Waals surface area contributed by atoms with Gasteiger partial charge in [0, 0.05) is 24.2 Å². The molecule has 1 aliphatic rings. The van der Waals surface area contributed by atoms with Crippen LogP contribution >= 0.6 is 0 Å². The first-order chi connectivity index (χ1) is 14.2. The van der Waals surface area contributed by atoms with Crippen molar-refractivity contribution in [2.75, 3.05) is 13.7 Å². The normalized spacial score (nSPS) is 13.0. The lowest BCUT2D eigenvalue weighted by Crippen LogP contribution is -2.36. The van der Waals surface area contributed by atoms with Crippen molar-refractivity contribution in [1.29, 1.82) is 0 Å². The van der Waals surface area contributed by atoms with Gasteiger partial charge in [-0.25, -0.2) is 0 Å². The third kappa shape index (κ3) is 4.11. The Kier molecular flexibility index (Phi) is 5.52. The Bertz CT molecular complexity index is 1030. The van der Waals surface area contributed by atoms with Crippen LogP contribution < -0.4 is 9.47 Å². The average Bonchev–Trinajstić information content (AvgIpc) is 2.77. The molecule has 0 aromatic heterocycles. The lowest BCUT2D eigenvalue weighted by molar-refractivity contribution is 0.0734. The summed E-state index contributed by atoms with van der Waals surface area (Å²) in [5.74, 6) is 1.59. The monoisotopic (exact) mass is 387 g/mol. The van der Waals surface area contributed by atoms with E-state index in [1.54, 1.807) is 7.11 Å². The highest BCUT2D eigenvalue weighted by molar-refractivity contribution is 5.94. The number of hydrogen-bond donors (Lipinski definition) is 0. The van der Waals surface area contributed by atoms with E-state index in [1.165, 1.54) is 11.1 Å². The largest absolute Gasteiger partial charge is 0.496 e. The molecule has 148 valence electrons. The predicted molar refractivity (Wildman–Crippen MR) is 113 cm³/mol. The first-order valence-corrected chi connectivity index (χ1v) is 9.87. The van der Waals surface area contributed by atoms with Crippen molar-refractivity contribution in [2.45, 2.75) is 26.5 Å². The van der Waals surface area contributed by atoms with E-state index >= 15 is 0 Å². The first-order valence-electron chi connectivity index (χ1n) is 9.87. The molecule has 0 radical (unpaired) electrons. The lowest BCUT2D eigenvalue weighted by Gasteiger charge is -2.29. The summed E-state index contributed by atoms with van der Waals surface area (Å²) in [6.45, 7) is 3.74. The van der Waals surface area contributed by atoms with Crippen molar-refractivity contribution < 1.29 is 14.3 Å². The van der Waals surface area contributed by atoms with Crippen molar-refractivity contribution in [3.05, 3.63) is 94.5 Å². The van der Waals surface area contributed by atoms with E-state index in [1.807, 2.05) is 60.4 Å². The summed E-state index contributed by atoms with van der Waals surface area (Å²) in [4.78, 5) is 15.0. The van der Waals surface area contributed by atoms with Gasteiger partial charge in [-0.3, -0.25) is 4.79 Å². The number of nitrogens with zero attached hydrogens (tertiary/aromatic N) is 1. The number of rotatable bonds is 5. The molecular formula is C25H25NO3. The molecule has 0 saturated carbocycles. The van der Waals surface area contributed by atoms with Crippen molar-refractivity contribution in [1.82, 2.24) is 4.90 Å². The molecule has 0 unspecified atom stereocenters. The molecule has 0 atom stereocenters. The summed E-state index contributed by atoms with van der Waals surface area (Å²) in [6.07, 6.45) is 0.890. The van der Waals surface area contributed by atoms with E-state index in [-0.39, 0.29) is 5.91 Å². The number of benzene rings is 3. The number of para-hydroxylation sites is 1. The molecule has 4 heteroatoms. The van der Waals surface area contributed by atoms with Crippen molar-refractivity contribution in [3.8, 4) is 11.5 Å². The molecule has 1 amide bonds. The maximum absolute atomic E-state index is 13.1. The number of fused-ring (bicyclic) bond motifs is 1. The highest BCUT2D eigenvalue weighted by Crippen LogP contribution is 2.26. The van der Waals surface area contributed by atoms with Crippen molar-refractivity contribution >= 4 is 5.91 Å². The number of carbonyl (C=O) groups excluding carboxylic acids is 1. The Morgan fingerprint density at radius 3 is 2.52 bits per heavy atom. The Hall–Kier alpha value is -3.27. The van der Waals surface area contributed by atoms with Gasteiger partial charge in [-0.2, -0.15) is 0 Å². The third-order valence-electron chi connectivity index (χ3n) is 5.42. The van der Waals surface area contributed by atoms with Crippen LogP contribution in [0.4, 0.5) is 0 Å². The number of aryl methyl sites for hydroxylation is 1. The van der Waals surface area contributed by atoms with Crippen LogP contribution in [0, 0.1) is 6.92 Å². The van der Waals surface area contributed by atoms with E-state index in [0.717, 1.165) is 35.6 Å². The maximum atomic E-state index is 13.1. The summed E-state index contributed by atoms with van der Waals surface area (Å²) in [7, 11) is 1.63. The number of ether oxygens (including phenoxy) is 2. The average molecular weight is 387 g/mol. The van der Waals surface area contributed by atoms with Crippen LogP contribution in [0.5, 0.6) is 11.5 Å². The molecular weight excluding hydrogens is 362 g/mol. The Morgan fingerprint density at radius 1 is 0.966 bits per heavy atom.